The summed E-state index contributed by atoms with van der Waals surface area (Å²) < 4.78 is 5.41. The van der Waals surface area contributed by atoms with Crippen LogP contribution in [0.1, 0.15) is 34.0 Å². The average Bonchev–Trinajstić information content (AvgIpc) is 3.05. The second kappa shape index (κ2) is 9.53. The highest BCUT2D eigenvalue weighted by Gasteiger charge is 2.39. The molecular formula is C27H23ClN2O4. The Morgan fingerprint density at radius 3 is 2.26 bits per heavy atom. The molecule has 0 spiro atoms. The number of rotatable bonds is 6. The third-order valence-corrected chi connectivity index (χ3v) is 6.13. The van der Waals surface area contributed by atoms with Gasteiger partial charge in [-0.1, -0.05) is 42.8 Å². The van der Waals surface area contributed by atoms with Crippen molar-refractivity contribution in [3.63, 3.8) is 0 Å². The minimum atomic E-state index is -0.586. The van der Waals surface area contributed by atoms with Crippen LogP contribution in [0.15, 0.2) is 77.5 Å². The van der Waals surface area contributed by atoms with Crippen LogP contribution in [0.2, 0.25) is 0 Å². The van der Waals surface area contributed by atoms with Crippen LogP contribution in [0.5, 0.6) is 5.75 Å². The van der Waals surface area contributed by atoms with Gasteiger partial charge in [-0.3, -0.25) is 9.59 Å². The van der Waals surface area contributed by atoms with E-state index in [2.05, 4.69) is 12.2 Å². The summed E-state index contributed by atoms with van der Waals surface area (Å²) in [6.07, 6.45) is 0.902. The Bertz CT molecular complexity index is 1310. The Hall–Kier alpha value is -3.90. The van der Waals surface area contributed by atoms with Crippen molar-refractivity contribution in [1.82, 2.24) is 0 Å². The first-order chi connectivity index (χ1) is 16.3. The van der Waals surface area contributed by atoms with Crippen LogP contribution >= 0.6 is 11.6 Å². The molecule has 1 heterocycles. The summed E-state index contributed by atoms with van der Waals surface area (Å²) in [4.78, 5) is 39.3. The van der Waals surface area contributed by atoms with Gasteiger partial charge >= 0.3 is 5.97 Å². The summed E-state index contributed by atoms with van der Waals surface area (Å²) in [5.41, 5.74) is 4.26. The molecule has 3 aromatic carbocycles. The number of nitrogens with zero attached hydrogens (tertiary/aromatic N) is 1. The van der Waals surface area contributed by atoms with Crippen molar-refractivity contribution >= 4 is 40.8 Å². The minimum Gasteiger partial charge on any atom is -0.423 e. The molecule has 3 aromatic rings. The zero-order chi connectivity index (χ0) is 24.4. The third kappa shape index (κ3) is 4.45. The lowest BCUT2D eigenvalue weighted by molar-refractivity contribution is -0.120. The molecule has 0 bridgehead atoms. The number of ether oxygens (including phenoxy) is 1. The predicted octanol–water partition coefficient (Wildman–Crippen LogP) is 5.52. The Morgan fingerprint density at radius 2 is 1.62 bits per heavy atom. The lowest BCUT2D eigenvalue weighted by atomic mass is 10.1. The first-order valence-corrected chi connectivity index (χ1v) is 11.2. The number of imide groups is 1. The first-order valence-electron chi connectivity index (χ1n) is 10.8. The van der Waals surface area contributed by atoms with Gasteiger partial charge in [0.25, 0.3) is 11.8 Å². The number of carbonyl (C=O) groups is 3. The zero-order valence-corrected chi connectivity index (χ0v) is 19.8. The first kappa shape index (κ1) is 23.3. The summed E-state index contributed by atoms with van der Waals surface area (Å²) in [6.45, 7) is 5.81. The zero-order valence-electron chi connectivity index (χ0n) is 19.0. The molecule has 0 unspecified atom stereocenters. The molecule has 0 aromatic heterocycles. The van der Waals surface area contributed by atoms with Crippen LogP contribution in [0.4, 0.5) is 11.4 Å². The van der Waals surface area contributed by atoms with E-state index in [0.717, 1.165) is 28.0 Å². The summed E-state index contributed by atoms with van der Waals surface area (Å²) >= 11 is 6.23. The van der Waals surface area contributed by atoms with Crippen molar-refractivity contribution in [2.24, 2.45) is 0 Å². The van der Waals surface area contributed by atoms with Gasteiger partial charge in [-0.15, -0.1) is 0 Å². The minimum absolute atomic E-state index is 0.0149. The van der Waals surface area contributed by atoms with Crippen molar-refractivity contribution in [3.05, 3.63) is 99.7 Å². The maximum absolute atomic E-state index is 13.0. The Labute approximate surface area is 202 Å². The second-order valence-corrected chi connectivity index (χ2v) is 8.32. The van der Waals surface area contributed by atoms with Crippen molar-refractivity contribution < 1.29 is 19.1 Å². The molecule has 0 saturated carbocycles. The second-order valence-electron chi connectivity index (χ2n) is 7.94. The Kier molecular flexibility index (Phi) is 6.52. The van der Waals surface area contributed by atoms with Crippen LogP contribution in [-0.4, -0.2) is 17.8 Å². The quantitative estimate of drug-likeness (QED) is 0.289. The molecule has 0 atom stereocenters. The van der Waals surface area contributed by atoms with Crippen molar-refractivity contribution in [3.8, 4) is 5.75 Å². The normalized spacial score (nSPS) is 13.5. The molecular weight excluding hydrogens is 452 g/mol. The van der Waals surface area contributed by atoms with Crippen LogP contribution < -0.4 is 15.0 Å². The maximum Gasteiger partial charge on any atom is 0.343 e. The van der Waals surface area contributed by atoms with E-state index < -0.39 is 17.8 Å². The molecule has 2 amide bonds. The van der Waals surface area contributed by atoms with Crippen LogP contribution in [0.3, 0.4) is 0 Å². The highest BCUT2D eigenvalue weighted by Crippen LogP contribution is 2.33. The smallest absolute Gasteiger partial charge is 0.343 e. The molecule has 1 aliphatic rings. The largest absolute Gasteiger partial charge is 0.423 e. The van der Waals surface area contributed by atoms with Crippen molar-refractivity contribution in [2.45, 2.75) is 27.2 Å². The van der Waals surface area contributed by atoms with Gasteiger partial charge in [-0.25, -0.2) is 9.69 Å². The van der Waals surface area contributed by atoms with E-state index in [1.165, 1.54) is 0 Å². The molecule has 6 nitrogen and oxygen atoms in total. The van der Waals surface area contributed by atoms with E-state index in [1.54, 1.807) is 48.5 Å². The molecule has 0 saturated heterocycles. The number of carbonyl (C=O) groups excluding carboxylic acids is 3. The van der Waals surface area contributed by atoms with Gasteiger partial charge in [0.2, 0.25) is 0 Å². The maximum atomic E-state index is 13.0. The number of hydrogen-bond donors (Lipinski definition) is 1. The Morgan fingerprint density at radius 1 is 0.941 bits per heavy atom. The molecule has 0 aliphatic carbocycles. The SMILES string of the molecule is CCc1ccc(OC(=O)c2ccc(NC3=C(Cl)C(=O)N(c4cccc(C)c4C)C3=O)cc2)cc1. The van der Waals surface area contributed by atoms with Gasteiger partial charge in [0.1, 0.15) is 16.5 Å². The van der Waals surface area contributed by atoms with Crippen molar-refractivity contribution in [2.75, 3.05) is 10.2 Å². The van der Waals surface area contributed by atoms with Gasteiger partial charge in [0.05, 0.1) is 11.3 Å². The number of amides is 2. The summed E-state index contributed by atoms with van der Waals surface area (Å²) in [7, 11) is 0. The third-order valence-electron chi connectivity index (χ3n) is 5.78. The van der Waals surface area contributed by atoms with E-state index in [0.29, 0.717) is 22.7 Å². The summed E-state index contributed by atoms with van der Waals surface area (Å²) in [6, 6.07) is 19.1. The van der Waals surface area contributed by atoms with Crippen LogP contribution in [-0.2, 0) is 16.0 Å². The fourth-order valence-corrected chi connectivity index (χ4v) is 3.81. The highest BCUT2D eigenvalue weighted by molar-refractivity contribution is 6.53. The van der Waals surface area contributed by atoms with Gasteiger partial charge in [0, 0.05) is 5.69 Å². The lowest BCUT2D eigenvalue weighted by Crippen LogP contribution is -2.33. The number of anilines is 2. The standard InChI is InChI=1S/C27H23ClN2O4/c1-4-18-8-14-21(15-9-18)34-27(33)19-10-12-20(13-11-19)29-24-23(28)25(31)30(26(24)32)22-7-5-6-16(2)17(22)3/h5-15,29H,4H2,1-3H3. The fraction of sp³-hybridized carbons (Fsp3) is 0.148. The molecule has 0 fully saturated rings. The highest BCUT2D eigenvalue weighted by atomic mass is 35.5. The van der Waals surface area contributed by atoms with Gasteiger partial charge in [-0.05, 0) is 79.4 Å². The predicted molar refractivity (Wildman–Crippen MR) is 132 cm³/mol. The van der Waals surface area contributed by atoms with Gasteiger partial charge in [0.15, 0.2) is 0 Å². The van der Waals surface area contributed by atoms with E-state index in [-0.39, 0.29) is 10.7 Å². The number of nitrogens with one attached hydrogen (secondary N) is 1. The molecule has 34 heavy (non-hydrogen) atoms. The summed E-state index contributed by atoms with van der Waals surface area (Å²) in [5, 5.41) is 2.73. The molecule has 1 aliphatic heterocycles. The number of benzene rings is 3. The summed E-state index contributed by atoms with van der Waals surface area (Å²) in [5.74, 6) is -1.16. The van der Waals surface area contributed by atoms with Crippen molar-refractivity contribution in [1.29, 1.82) is 0 Å². The number of hydrogen-bond acceptors (Lipinski definition) is 5. The fourth-order valence-electron chi connectivity index (χ4n) is 3.60. The topological polar surface area (TPSA) is 75.7 Å². The van der Waals surface area contributed by atoms with E-state index in [1.807, 2.05) is 32.0 Å². The molecule has 4 rings (SSSR count). The average molecular weight is 475 g/mol. The lowest BCUT2D eigenvalue weighted by Gasteiger charge is -2.18. The van der Waals surface area contributed by atoms with Crippen LogP contribution in [0.25, 0.3) is 0 Å². The number of halogens is 1. The molecule has 1 N–H and O–H groups in total. The molecule has 7 heteroatoms. The van der Waals surface area contributed by atoms with E-state index >= 15 is 0 Å². The van der Waals surface area contributed by atoms with Gasteiger partial charge in [-0.2, -0.15) is 0 Å². The monoisotopic (exact) mass is 474 g/mol. The van der Waals surface area contributed by atoms with E-state index in [9.17, 15) is 14.4 Å². The number of esters is 1. The number of aryl methyl sites for hydroxylation is 2. The molecule has 0 radical (unpaired) electrons. The molecule has 172 valence electrons. The van der Waals surface area contributed by atoms with E-state index in [4.69, 9.17) is 16.3 Å². The van der Waals surface area contributed by atoms with Gasteiger partial charge < -0.3 is 10.1 Å². The Balaban J connectivity index is 1.48. The van der Waals surface area contributed by atoms with Crippen LogP contribution in [0, 0.1) is 13.8 Å².